The number of phenolic OH excluding ortho intramolecular Hbond substituents is 1. The van der Waals surface area contributed by atoms with Crippen LogP contribution in [-0.2, 0) is 12.0 Å². The number of nitrogens with zero attached hydrogens (tertiary/aromatic N) is 4. The second-order valence-electron chi connectivity index (χ2n) is 16.2. The molecule has 5 aromatic rings. The molecular formula is C48H44N5O6+. The zero-order chi connectivity index (χ0) is 41.5. The van der Waals surface area contributed by atoms with Gasteiger partial charge in [0.05, 0.1) is 23.3 Å². The minimum absolute atomic E-state index is 0.00197. The van der Waals surface area contributed by atoms with Gasteiger partial charge in [-0.05, 0) is 90.5 Å². The van der Waals surface area contributed by atoms with Crippen molar-refractivity contribution in [1.82, 2.24) is 9.89 Å². The number of hydrogen-bond donors (Lipinski definition) is 3. The molecule has 11 heteroatoms. The number of hydrogen-bond acceptors (Lipinski definition) is 8. The summed E-state index contributed by atoms with van der Waals surface area (Å²) in [6.07, 6.45) is 1.84. The lowest BCUT2D eigenvalue weighted by Gasteiger charge is -2.45. The van der Waals surface area contributed by atoms with Gasteiger partial charge in [-0.15, -0.1) is 0 Å². The number of aliphatic imine (C=N–C) groups is 1. The summed E-state index contributed by atoms with van der Waals surface area (Å²) in [6.45, 7) is 4.40. The topological polar surface area (TPSA) is 131 Å². The van der Waals surface area contributed by atoms with Gasteiger partial charge in [0.15, 0.2) is 0 Å². The zero-order valence-corrected chi connectivity index (χ0v) is 33.9. The predicted octanol–water partition coefficient (Wildman–Crippen LogP) is 8.01. The van der Waals surface area contributed by atoms with Crippen LogP contribution in [0.5, 0.6) is 11.5 Å². The highest BCUT2D eigenvalue weighted by Gasteiger charge is 2.59. The fourth-order valence-corrected chi connectivity index (χ4v) is 8.86. The Morgan fingerprint density at radius 2 is 1.68 bits per heavy atom. The van der Waals surface area contributed by atoms with Crippen molar-refractivity contribution in [2.75, 3.05) is 45.0 Å². The van der Waals surface area contributed by atoms with Crippen molar-refractivity contribution >= 4 is 56.9 Å². The van der Waals surface area contributed by atoms with E-state index in [1.54, 1.807) is 24.3 Å². The van der Waals surface area contributed by atoms with E-state index in [9.17, 15) is 19.8 Å². The maximum absolute atomic E-state index is 14.0. The van der Waals surface area contributed by atoms with Crippen molar-refractivity contribution < 1.29 is 29.0 Å². The molecule has 11 nitrogen and oxygen atoms in total. The molecule has 3 N–H and O–H groups in total. The molecule has 0 radical (unpaired) electrons. The second-order valence-corrected chi connectivity index (χ2v) is 16.2. The molecule has 1 aliphatic carbocycles. The second kappa shape index (κ2) is 13.5. The van der Waals surface area contributed by atoms with Gasteiger partial charge in [-0.2, -0.15) is 0 Å². The van der Waals surface area contributed by atoms with Crippen molar-refractivity contribution in [3.05, 3.63) is 131 Å². The van der Waals surface area contributed by atoms with E-state index in [1.165, 1.54) is 6.07 Å². The van der Waals surface area contributed by atoms with E-state index in [-0.39, 0.29) is 23.4 Å². The number of benzene rings is 6. The van der Waals surface area contributed by atoms with Crippen LogP contribution in [0.25, 0.3) is 44.2 Å². The van der Waals surface area contributed by atoms with Gasteiger partial charge in [-0.1, -0.05) is 30.3 Å². The summed E-state index contributed by atoms with van der Waals surface area (Å²) in [5.41, 5.74) is 5.59. The van der Waals surface area contributed by atoms with E-state index in [2.05, 4.69) is 24.1 Å². The zero-order valence-electron chi connectivity index (χ0n) is 33.9. The van der Waals surface area contributed by atoms with Crippen molar-refractivity contribution in [1.29, 1.82) is 0 Å². The Morgan fingerprint density at radius 1 is 0.898 bits per heavy atom. The number of rotatable bonds is 6. The van der Waals surface area contributed by atoms with Crippen LogP contribution in [0.4, 0.5) is 17.1 Å². The SMILES string of the molecule is CN(C)c1ccc2c(-c3ccc(C(=O)NCc4cccc5c4C(C)(C)C4(C=Nc6c(ccc7ccc(O)cc67)O4)N5C)cc3C(=O)O)c3ccc(=[N+](C)C)cc-3oc2c1. The first-order valence-electron chi connectivity index (χ1n) is 19.4. The molecule has 0 fully saturated rings. The number of carboxylic acid groups (broad SMARTS) is 1. The van der Waals surface area contributed by atoms with Crippen molar-refractivity contribution in [3.8, 4) is 33.9 Å². The fraction of sp³-hybridized carbons (Fsp3) is 0.208. The number of carbonyl (C=O) groups excluding carboxylic acids is 1. The fourth-order valence-electron chi connectivity index (χ4n) is 8.86. The molecule has 3 aliphatic heterocycles. The van der Waals surface area contributed by atoms with Crippen LogP contribution in [0.3, 0.4) is 0 Å². The molecule has 1 atom stereocenters. The van der Waals surface area contributed by atoms with Crippen LogP contribution < -0.4 is 29.8 Å². The van der Waals surface area contributed by atoms with Gasteiger partial charge in [0.1, 0.15) is 42.6 Å². The van der Waals surface area contributed by atoms with Crippen molar-refractivity contribution in [2.24, 2.45) is 4.99 Å². The lowest BCUT2D eigenvalue weighted by Crippen LogP contribution is -2.61. The lowest BCUT2D eigenvalue weighted by atomic mass is 9.75. The third-order valence-electron chi connectivity index (χ3n) is 12.0. The van der Waals surface area contributed by atoms with E-state index in [4.69, 9.17) is 14.1 Å². The van der Waals surface area contributed by atoms with Crippen LogP contribution >= 0.6 is 0 Å². The van der Waals surface area contributed by atoms with Crippen LogP contribution in [0.1, 0.15) is 45.7 Å². The Morgan fingerprint density at radius 3 is 2.44 bits per heavy atom. The highest BCUT2D eigenvalue weighted by Crippen LogP contribution is 2.55. The minimum atomic E-state index is -1.15. The summed E-state index contributed by atoms with van der Waals surface area (Å²) in [4.78, 5) is 36.0. The molecule has 9 rings (SSSR count). The van der Waals surface area contributed by atoms with E-state index in [0.717, 1.165) is 49.6 Å². The monoisotopic (exact) mass is 786 g/mol. The van der Waals surface area contributed by atoms with Crippen LogP contribution in [0, 0.1) is 0 Å². The van der Waals surface area contributed by atoms with Gasteiger partial charge in [-0.3, -0.25) is 9.79 Å². The number of fused-ring (bicyclic) bond motifs is 6. The molecule has 1 unspecified atom stereocenters. The maximum atomic E-state index is 14.0. The molecule has 0 aromatic heterocycles. The Balaban J connectivity index is 1.05. The largest absolute Gasteiger partial charge is 0.508 e. The van der Waals surface area contributed by atoms with E-state index in [1.807, 2.05) is 124 Å². The number of ether oxygens (including phenoxy) is 1. The summed E-state index contributed by atoms with van der Waals surface area (Å²) in [6, 6.07) is 31.7. The van der Waals surface area contributed by atoms with Gasteiger partial charge in [-0.25, -0.2) is 9.37 Å². The average molecular weight is 787 g/mol. The number of amides is 1. The molecule has 3 heterocycles. The molecular weight excluding hydrogens is 743 g/mol. The van der Waals surface area contributed by atoms with Crippen molar-refractivity contribution in [2.45, 2.75) is 31.5 Å². The Hall–Kier alpha value is -7.14. The van der Waals surface area contributed by atoms with E-state index >= 15 is 0 Å². The summed E-state index contributed by atoms with van der Waals surface area (Å²) < 4.78 is 15.3. The minimum Gasteiger partial charge on any atom is -0.508 e. The lowest BCUT2D eigenvalue weighted by molar-refractivity contribution is 0.0697. The van der Waals surface area contributed by atoms with Crippen molar-refractivity contribution in [3.63, 3.8) is 0 Å². The van der Waals surface area contributed by atoms with Crippen LogP contribution in [-0.4, -0.2) is 69.3 Å². The van der Waals surface area contributed by atoms with Gasteiger partial charge in [0.25, 0.3) is 5.91 Å². The third-order valence-corrected chi connectivity index (χ3v) is 12.0. The van der Waals surface area contributed by atoms with E-state index < -0.39 is 23.0 Å². The normalized spacial score (nSPS) is 16.3. The first-order chi connectivity index (χ1) is 28.2. The molecule has 296 valence electrons. The molecule has 4 aliphatic rings. The Bertz CT molecular complexity index is 3000. The number of anilines is 2. The number of aromatic carboxylic acids is 1. The van der Waals surface area contributed by atoms with Crippen LogP contribution in [0.15, 0.2) is 113 Å². The highest BCUT2D eigenvalue weighted by molar-refractivity contribution is 6.09. The van der Waals surface area contributed by atoms with E-state index in [0.29, 0.717) is 33.9 Å². The summed E-state index contributed by atoms with van der Waals surface area (Å²) in [7, 11) is 9.79. The Labute approximate surface area is 341 Å². The molecule has 59 heavy (non-hydrogen) atoms. The predicted molar refractivity (Wildman–Crippen MR) is 233 cm³/mol. The number of phenols is 1. The number of likely N-dealkylation sites (N-methyl/N-ethyl adjacent to an activating group) is 1. The summed E-state index contributed by atoms with van der Waals surface area (Å²) in [5, 5.41) is 27.4. The van der Waals surface area contributed by atoms with Gasteiger partial charge < -0.3 is 34.5 Å². The number of carboxylic acids is 1. The number of carbonyl (C=O) groups is 2. The summed E-state index contributed by atoms with van der Waals surface area (Å²) in [5.74, 6) is -0.182. The molecule has 0 saturated heterocycles. The standard InChI is InChI=1S/C48H43N5O6/c1-47(2)43-29(9-8-10-38(43)53(7)48(47)26-50-44-36-24-32(54)16-11-27(36)13-20-39(44)59-48)25-49-45(55)28-12-17-33(37(21-28)46(56)57)42-34-18-14-30(51(3)4)22-40(34)58-41-23-31(52(5)6)15-19-35(41)42/h8-24,26H,25H2,1-7H3,(H2-,49,54,55,56,57)/p+1. The molecule has 1 spiro atoms. The van der Waals surface area contributed by atoms with Gasteiger partial charge in [0, 0.05) is 78.7 Å². The van der Waals surface area contributed by atoms with Gasteiger partial charge >= 0.3 is 5.97 Å². The first kappa shape index (κ1) is 37.4. The number of nitrogens with one attached hydrogen (secondary N) is 1. The maximum Gasteiger partial charge on any atom is 0.336 e. The van der Waals surface area contributed by atoms with Gasteiger partial charge in [0.2, 0.25) is 11.1 Å². The quantitative estimate of drug-likeness (QED) is 0.114. The molecule has 0 bridgehead atoms. The van der Waals surface area contributed by atoms with Crippen LogP contribution in [0.2, 0.25) is 0 Å². The summed E-state index contributed by atoms with van der Waals surface area (Å²) >= 11 is 0. The average Bonchev–Trinajstić information content (AvgIpc) is 3.38. The first-order valence-corrected chi connectivity index (χ1v) is 19.4. The Kier molecular flexibility index (Phi) is 8.55. The third kappa shape index (κ3) is 5.79. The molecule has 5 aromatic carbocycles. The number of aromatic hydroxyl groups is 1. The molecule has 1 amide bonds. The smallest absolute Gasteiger partial charge is 0.336 e. The molecule has 0 saturated carbocycles. The highest BCUT2D eigenvalue weighted by atomic mass is 16.5.